The predicted octanol–water partition coefficient (Wildman–Crippen LogP) is 2.12. The largest absolute Gasteiger partial charge is 0.389 e. The van der Waals surface area contributed by atoms with Crippen molar-refractivity contribution in [2.24, 2.45) is 0 Å². The van der Waals surface area contributed by atoms with E-state index in [0.29, 0.717) is 11.4 Å². The molecule has 2 heterocycles. The van der Waals surface area contributed by atoms with E-state index < -0.39 is 5.60 Å². The van der Waals surface area contributed by atoms with Crippen LogP contribution in [0.2, 0.25) is 5.02 Å². The van der Waals surface area contributed by atoms with Crippen LogP contribution in [-0.2, 0) is 6.42 Å². The van der Waals surface area contributed by atoms with E-state index in [9.17, 15) is 5.11 Å². The van der Waals surface area contributed by atoms with E-state index in [0.717, 1.165) is 37.9 Å². The number of nitrogens with zero attached hydrogens (tertiary/aromatic N) is 2. The molecule has 1 aliphatic heterocycles. The first-order valence-corrected chi connectivity index (χ1v) is 6.46. The molecule has 0 spiro atoms. The minimum Gasteiger partial charge on any atom is -0.389 e. The van der Waals surface area contributed by atoms with Crippen molar-refractivity contribution in [2.45, 2.75) is 31.3 Å². The van der Waals surface area contributed by atoms with Gasteiger partial charge in [-0.1, -0.05) is 11.6 Å². The van der Waals surface area contributed by atoms with E-state index in [1.807, 2.05) is 6.07 Å². The summed E-state index contributed by atoms with van der Waals surface area (Å²) in [4.78, 5) is 6.24. The lowest BCUT2D eigenvalue weighted by molar-refractivity contribution is 0.0263. The lowest BCUT2D eigenvalue weighted by Gasteiger charge is -2.27. The molecule has 1 N–H and O–H groups in total. The van der Waals surface area contributed by atoms with Gasteiger partial charge in [0.25, 0.3) is 0 Å². The Bertz CT molecular complexity index is 385. The maximum absolute atomic E-state index is 10.6. The van der Waals surface area contributed by atoms with Gasteiger partial charge in [-0.15, -0.1) is 0 Å². The van der Waals surface area contributed by atoms with Gasteiger partial charge in [0.1, 0.15) is 0 Å². The highest BCUT2D eigenvalue weighted by Gasteiger charge is 2.30. The molecule has 0 saturated carbocycles. The molecule has 0 aliphatic carbocycles. The van der Waals surface area contributed by atoms with E-state index in [1.54, 1.807) is 12.4 Å². The molecule has 1 aromatic rings. The van der Waals surface area contributed by atoms with Gasteiger partial charge in [-0.2, -0.15) is 0 Å². The second-order valence-electron chi connectivity index (χ2n) is 5.03. The van der Waals surface area contributed by atoms with Crippen molar-refractivity contribution in [3.63, 3.8) is 0 Å². The third kappa shape index (κ3) is 3.41. The maximum Gasteiger partial charge on any atom is 0.0701 e. The minimum atomic E-state index is -0.615. The van der Waals surface area contributed by atoms with Crippen molar-refractivity contribution in [1.29, 1.82) is 0 Å². The van der Waals surface area contributed by atoms with Gasteiger partial charge < -0.3 is 10.0 Å². The average molecular weight is 255 g/mol. The van der Waals surface area contributed by atoms with Crippen molar-refractivity contribution in [2.75, 3.05) is 20.1 Å². The number of pyridine rings is 1. The van der Waals surface area contributed by atoms with Crippen LogP contribution in [0.5, 0.6) is 0 Å². The third-order valence-electron chi connectivity index (χ3n) is 3.52. The van der Waals surface area contributed by atoms with Crippen LogP contribution in [0.3, 0.4) is 0 Å². The van der Waals surface area contributed by atoms with Crippen molar-refractivity contribution < 1.29 is 5.11 Å². The molecule has 1 saturated heterocycles. The molecule has 3 nitrogen and oxygen atoms in total. The molecule has 0 aromatic carbocycles. The summed E-state index contributed by atoms with van der Waals surface area (Å²) in [6, 6.07) is 1.90. The summed E-state index contributed by atoms with van der Waals surface area (Å²) >= 11 is 6.09. The molecule has 0 amide bonds. The SMILES string of the molecule is CN1CCCC(O)(Cc2ccncc2Cl)CC1. The van der Waals surface area contributed by atoms with Crippen molar-refractivity contribution in [3.8, 4) is 0 Å². The van der Waals surface area contributed by atoms with E-state index in [-0.39, 0.29) is 0 Å². The minimum absolute atomic E-state index is 0.615. The number of hydrogen-bond acceptors (Lipinski definition) is 3. The van der Waals surface area contributed by atoms with Crippen LogP contribution in [-0.4, -0.2) is 40.7 Å². The first kappa shape index (κ1) is 12.8. The van der Waals surface area contributed by atoms with Gasteiger partial charge in [-0.05, 0) is 44.5 Å². The van der Waals surface area contributed by atoms with Gasteiger partial charge in [0, 0.05) is 25.4 Å². The average Bonchev–Trinajstić information content (AvgIpc) is 2.45. The molecular weight excluding hydrogens is 236 g/mol. The molecule has 17 heavy (non-hydrogen) atoms. The fourth-order valence-corrected chi connectivity index (χ4v) is 2.58. The van der Waals surface area contributed by atoms with Crippen molar-refractivity contribution in [1.82, 2.24) is 9.88 Å². The van der Waals surface area contributed by atoms with Crippen LogP contribution in [0.25, 0.3) is 0 Å². The molecule has 94 valence electrons. The topological polar surface area (TPSA) is 36.4 Å². The second-order valence-corrected chi connectivity index (χ2v) is 5.43. The van der Waals surface area contributed by atoms with Crippen molar-refractivity contribution >= 4 is 11.6 Å². The van der Waals surface area contributed by atoms with Gasteiger partial charge in [0.05, 0.1) is 10.6 Å². The molecule has 1 aliphatic rings. The fourth-order valence-electron chi connectivity index (χ4n) is 2.39. The summed E-state index contributed by atoms with van der Waals surface area (Å²) in [6.07, 6.45) is 6.69. The van der Waals surface area contributed by atoms with Crippen LogP contribution in [0.1, 0.15) is 24.8 Å². The second kappa shape index (κ2) is 5.34. The van der Waals surface area contributed by atoms with Gasteiger partial charge in [-0.3, -0.25) is 4.98 Å². The molecule has 0 bridgehead atoms. The zero-order valence-electron chi connectivity index (χ0n) is 10.2. The quantitative estimate of drug-likeness (QED) is 0.878. The maximum atomic E-state index is 10.6. The van der Waals surface area contributed by atoms with Crippen LogP contribution in [0, 0.1) is 0 Å². The van der Waals surface area contributed by atoms with Crippen molar-refractivity contribution in [3.05, 3.63) is 29.0 Å². The summed E-state index contributed by atoms with van der Waals surface area (Å²) in [5.74, 6) is 0. The normalized spacial score (nSPS) is 26.8. The highest BCUT2D eigenvalue weighted by atomic mass is 35.5. The van der Waals surface area contributed by atoms with Gasteiger partial charge in [0.15, 0.2) is 0 Å². The number of aromatic nitrogens is 1. The smallest absolute Gasteiger partial charge is 0.0701 e. The summed E-state index contributed by atoms with van der Waals surface area (Å²) in [7, 11) is 2.10. The van der Waals surface area contributed by atoms with Gasteiger partial charge in [-0.25, -0.2) is 0 Å². The third-order valence-corrected chi connectivity index (χ3v) is 3.86. The highest BCUT2D eigenvalue weighted by Crippen LogP contribution is 2.28. The van der Waals surface area contributed by atoms with Gasteiger partial charge >= 0.3 is 0 Å². The Kier molecular flexibility index (Phi) is 4.02. The molecule has 1 atom stereocenters. The number of rotatable bonds is 2. The van der Waals surface area contributed by atoms with Gasteiger partial charge in [0.2, 0.25) is 0 Å². The van der Waals surface area contributed by atoms with E-state index in [1.165, 1.54) is 0 Å². The molecular formula is C13H19ClN2O. The molecule has 0 radical (unpaired) electrons. The molecule has 1 unspecified atom stereocenters. The zero-order valence-corrected chi connectivity index (χ0v) is 11.0. The standard InChI is InChI=1S/C13H19ClN2O/c1-16-7-2-4-13(17,5-8-16)9-11-3-6-15-10-12(11)14/h3,6,10,17H,2,4-5,7-9H2,1H3. The van der Waals surface area contributed by atoms with E-state index in [4.69, 9.17) is 11.6 Å². The molecule has 2 rings (SSSR count). The van der Waals surface area contributed by atoms with E-state index >= 15 is 0 Å². The Morgan fingerprint density at radius 1 is 1.47 bits per heavy atom. The summed E-state index contributed by atoms with van der Waals surface area (Å²) in [6.45, 7) is 2.01. The van der Waals surface area contributed by atoms with Crippen LogP contribution in [0.4, 0.5) is 0 Å². The predicted molar refractivity (Wildman–Crippen MR) is 69.2 cm³/mol. The lowest BCUT2D eigenvalue weighted by atomic mass is 9.88. The highest BCUT2D eigenvalue weighted by molar-refractivity contribution is 6.31. The fraction of sp³-hybridized carbons (Fsp3) is 0.615. The number of hydrogen-bond donors (Lipinski definition) is 1. The lowest BCUT2D eigenvalue weighted by Crippen LogP contribution is -2.32. The van der Waals surface area contributed by atoms with Crippen LogP contribution >= 0.6 is 11.6 Å². The summed E-state index contributed by atoms with van der Waals surface area (Å²) in [5, 5.41) is 11.3. The monoisotopic (exact) mass is 254 g/mol. The number of aliphatic hydroxyl groups is 1. The Hall–Kier alpha value is -0.640. The van der Waals surface area contributed by atoms with Crippen LogP contribution in [0.15, 0.2) is 18.5 Å². The Morgan fingerprint density at radius 3 is 3.06 bits per heavy atom. The summed E-state index contributed by atoms with van der Waals surface area (Å²) < 4.78 is 0. The van der Waals surface area contributed by atoms with Crippen LogP contribution < -0.4 is 0 Å². The summed E-state index contributed by atoms with van der Waals surface area (Å²) in [5.41, 5.74) is 0.379. The zero-order chi connectivity index (χ0) is 12.3. The Labute approximate surface area is 107 Å². The molecule has 1 fully saturated rings. The molecule has 1 aromatic heterocycles. The Morgan fingerprint density at radius 2 is 2.29 bits per heavy atom. The number of likely N-dealkylation sites (tertiary alicyclic amines) is 1. The molecule has 4 heteroatoms. The Balaban J connectivity index is 2.09. The number of halogens is 1. The first-order valence-electron chi connectivity index (χ1n) is 6.08. The van der Waals surface area contributed by atoms with E-state index in [2.05, 4.69) is 16.9 Å². The first-order chi connectivity index (χ1) is 8.09.